The second-order valence-corrected chi connectivity index (χ2v) is 8.07. The fourth-order valence-corrected chi connectivity index (χ4v) is 3.63. The molecular formula is C21H23F4N5O2S. The second kappa shape index (κ2) is 10.7. The van der Waals surface area contributed by atoms with Crippen molar-refractivity contribution in [1.82, 2.24) is 15.3 Å². The zero-order valence-corrected chi connectivity index (χ0v) is 18.7. The summed E-state index contributed by atoms with van der Waals surface area (Å²) in [6.07, 6.45) is 0.821. The summed E-state index contributed by atoms with van der Waals surface area (Å²) >= 11 is 1.36. The van der Waals surface area contributed by atoms with Crippen molar-refractivity contribution in [3.63, 3.8) is 0 Å². The SMILES string of the molecule is CSNc1ccc(Nc2ncc(C3=CC(OC(=O)NC(C)CC(F)(F)F)CC3)cn2)c(F)c1. The van der Waals surface area contributed by atoms with Crippen molar-refractivity contribution in [2.45, 2.75) is 44.5 Å². The molecule has 2 aromatic rings. The number of rotatable bonds is 8. The highest BCUT2D eigenvalue weighted by Crippen LogP contribution is 2.30. The van der Waals surface area contributed by atoms with Gasteiger partial charge in [0.25, 0.3) is 0 Å². The normalized spacial score (nSPS) is 16.7. The minimum atomic E-state index is -4.37. The van der Waals surface area contributed by atoms with Crippen LogP contribution >= 0.6 is 11.9 Å². The monoisotopic (exact) mass is 485 g/mol. The summed E-state index contributed by atoms with van der Waals surface area (Å²) in [5.74, 6) is -0.240. The predicted octanol–water partition coefficient (Wildman–Crippen LogP) is 5.66. The molecule has 1 aliphatic rings. The number of hydrogen-bond acceptors (Lipinski definition) is 7. The molecule has 0 saturated carbocycles. The highest BCUT2D eigenvalue weighted by atomic mass is 32.2. The van der Waals surface area contributed by atoms with Gasteiger partial charge in [0.1, 0.15) is 11.9 Å². The lowest BCUT2D eigenvalue weighted by Crippen LogP contribution is -2.37. The molecule has 0 bridgehead atoms. The maximum atomic E-state index is 14.2. The number of anilines is 3. The molecule has 3 N–H and O–H groups in total. The average Bonchev–Trinajstić information content (AvgIpc) is 3.17. The van der Waals surface area contributed by atoms with Gasteiger partial charge in [-0.15, -0.1) is 0 Å². The average molecular weight is 486 g/mol. The molecule has 1 aromatic carbocycles. The number of carbonyl (C=O) groups is 1. The summed E-state index contributed by atoms with van der Waals surface area (Å²) in [4.78, 5) is 20.2. The van der Waals surface area contributed by atoms with Gasteiger partial charge in [0.2, 0.25) is 5.95 Å². The van der Waals surface area contributed by atoms with Gasteiger partial charge in [0.05, 0.1) is 12.1 Å². The molecule has 178 valence electrons. The lowest BCUT2D eigenvalue weighted by molar-refractivity contribution is -0.138. The van der Waals surface area contributed by atoms with E-state index in [-0.39, 0.29) is 11.6 Å². The zero-order chi connectivity index (χ0) is 24.0. The fraction of sp³-hybridized carbons (Fsp3) is 0.381. The van der Waals surface area contributed by atoms with Gasteiger partial charge in [0.15, 0.2) is 0 Å². The van der Waals surface area contributed by atoms with E-state index in [0.29, 0.717) is 24.1 Å². The lowest BCUT2D eigenvalue weighted by Gasteiger charge is -2.17. The molecule has 0 saturated heterocycles. The van der Waals surface area contributed by atoms with Gasteiger partial charge in [-0.3, -0.25) is 0 Å². The van der Waals surface area contributed by atoms with E-state index in [1.165, 1.54) is 24.9 Å². The van der Waals surface area contributed by atoms with E-state index in [1.54, 1.807) is 30.6 Å². The summed E-state index contributed by atoms with van der Waals surface area (Å²) in [5, 5.41) is 5.00. The fourth-order valence-electron chi connectivity index (χ4n) is 3.27. The molecule has 12 heteroatoms. The molecule has 0 spiro atoms. The van der Waals surface area contributed by atoms with Crippen molar-refractivity contribution in [3.8, 4) is 0 Å². The molecule has 33 heavy (non-hydrogen) atoms. The lowest BCUT2D eigenvalue weighted by atomic mass is 10.1. The summed E-state index contributed by atoms with van der Waals surface area (Å²) in [5.41, 5.74) is 2.42. The maximum Gasteiger partial charge on any atom is 0.407 e. The third-order valence-electron chi connectivity index (χ3n) is 4.70. The van der Waals surface area contributed by atoms with E-state index in [0.717, 1.165) is 5.57 Å². The van der Waals surface area contributed by atoms with Crippen LogP contribution in [0.15, 0.2) is 36.7 Å². The van der Waals surface area contributed by atoms with E-state index in [4.69, 9.17) is 4.74 Å². The smallest absolute Gasteiger partial charge is 0.407 e. The highest BCUT2D eigenvalue weighted by molar-refractivity contribution is 7.99. The van der Waals surface area contributed by atoms with Crippen LogP contribution in [-0.2, 0) is 4.74 Å². The Balaban J connectivity index is 1.55. The second-order valence-electron chi connectivity index (χ2n) is 7.46. The van der Waals surface area contributed by atoms with E-state index in [2.05, 4.69) is 25.3 Å². The number of nitrogens with one attached hydrogen (secondary N) is 3. The van der Waals surface area contributed by atoms with Crippen LogP contribution in [0.4, 0.5) is 39.7 Å². The Hall–Kier alpha value is -3.02. The molecule has 1 aliphatic carbocycles. The van der Waals surface area contributed by atoms with Crippen LogP contribution in [-0.4, -0.2) is 40.6 Å². The number of nitrogens with zero attached hydrogens (tertiary/aromatic N) is 2. The molecule has 0 aliphatic heterocycles. The Labute approximate surface area is 192 Å². The zero-order valence-electron chi connectivity index (χ0n) is 17.9. The van der Waals surface area contributed by atoms with Gasteiger partial charge in [0, 0.05) is 35.9 Å². The molecule has 1 amide bonds. The molecular weight excluding hydrogens is 462 g/mol. The van der Waals surface area contributed by atoms with Crippen LogP contribution in [0.5, 0.6) is 0 Å². The molecule has 1 heterocycles. The minimum absolute atomic E-state index is 0.215. The van der Waals surface area contributed by atoms with Crippen LogP contribution in [0, 0.1) is 5.82 Å². The summed E-state index contributed by atoms with van der Waals surface area (Å²) in [7, 11) is 0. The number of allylic oxidation sites excluding steroid dienone is 1. The van der Waals surface area contributed by atoms with Crippen LogP contribution in [0.25, 0.3) is 5.57 Å². The molecule has 0 radical (unpaired) electrons. The number of alkyl carbamates (subject to hydrolysis) is 1. The Morgan fingerprint density at radius 1 is 1.30 bits per heavy atom. The first-order valence-electron chi connectivity index (χ1n) is 10.1. The Morgan fingerprint density at radius 2 is 2.03 bits per heavy atom. The van der Waals surface area contributed by atoms with Crippen molar-refractivity contribution in [2.75, 3.05) is 16.3 Å². The van der Waals surface area contributed by atoms with Gasteiger partial charge >= 0.3 is 12.3 Å². The van der Waals surface area contributed by atoms with Crippen LogP contribution in [0.2, 0.25) is 0 Å². The quantitative estimate of drug-likeness (QED) is 0.328. The van der Waals surface area contributed by atoms with E-state index >= 15 is 0 Å². The largest absolute Gasteiger partial charge is 0.442 e. The third-order valence-corrected chi connectivity index (χ3v) is 5.14. The standard InChI is InChI=1S/C21H23F4N5O2S/c1-12(9-21(23,24)25)28-20(31)32-16-5-3-13(7-16)14-10-26-19(27-11-14)29-18-6-4-15(30-33-2)8-17(18)22/h4,6-8,10-12,16,30H,3,5,9H2,1-2H3,(H,28,31)(H,26,27,29). The van der Waals surface area contributed by atoms with Crippen LogP contribution in [0.1, 0.15) is 31.7 Å². The minimum Gasteiger partial charge on any atom is -0.442 e. The topological polar surface area (TPSA) is 88.2 Å². The number of carbonyl (C=O) groups excluding carboxylic acids is 1. The van der Waals surface area contributed by atoms with E-state index < -0.39 is 36.7 Å². The molecule has 0 fully saturated rings. The first-order chi connectivity index (χ1) is 15.6. The number of hydrogen-bond donors (Lipinski definition) is 3. The number of aromatic nitrogens is 2. The van der Waals surface area contributed by atoms with Gasteiger partial charge < -0.3 is 20.1 Å². The third kappa shape index (κ3) is 7.52. The molecule has 7 nitrogen and oxygen atoms in total. The summed E-state index contributed by atoms with van der Waals surface area (Å²) in [6, 6.07) is 3.57. The van der Waals surface area contributed by atoms with Gasteiger partial charge in [-0.05, 0) is 49.6 Å². The van der Waals surface area contributed by atoms with Crippen molar-refractivity contribution in [2.24, 2.45) is 0 Å². The summed E-state index contributed by atoms with van der Waals surface area (Å²) < 4.78 is 59.5. The number of alkyl halides is 3. The van der Waals surface area contributed by atoms with Crippen molar-refractivity contribution in [3.05, 3.63) is 48.0 Å². The van der Waals surface area contributed by atoms with Gasteiger partial charge in [-0.1, -0.05) is 11.9 Å². The first-order valence-corrected chi connectivity index (χ1v) is 11.3. The number of halogens is 4. The molecule has 2 unspecified atom stereocenters. The number of ether oxygens (including phenoxy) is 1. The highest BCUT2D eigenvalue weighted by Gasteiger charge is 2.31. The van der Waals surface area contributed by atoms with Crippen molar-refractivity contribution < 1.29 is 27.1 Å². The first kappa shape index (κ1) is 24.6. The van der Waals surface area contributed by atoms with E-state index in [9.17, 15) is 22.4 Å². The maximum absolute atomic E-state index is 14.2. The molecule has 1 aromatic heterocycles. The Bertz CT molecular complexity index is 1000. The van der Waals surface area contributed by atoms with Gasteiger partial charge in [-0.2, -0.15) is 13.2 Å². The Morgan fingerprint density at radius 3 is 2.67 bits per heavy atom. The number of benzene rings is 1. The van der Waals surface area contributed by atoms with Crippen molar-refractivity contribution >= 4 is 40.9 Å². The predicted molar refractivity (Wildman–Crippen MR) is 120 cm³/mol. The Kier molecular flexibility index (Phi) is 8.01. The summed E-state index contributed by atoms with van der Waals surface area (Å²) in [6.45, 7) is 1.26. The van der Waals surface area contributed by atoms with E-state index in [1.807, 2.05) is 6.26 Å². The molecule has 3 rings (SSSR count). The van der Waals surface area contributed by atoms with Crippen LogP contribution in [0.3, 0.4) is 0 Å². The van der Waals surface area contributed by atoms with Crippen molar-refractivity contribution in [1.29, 1.82) is 0 Å². The van der Waals surface area contributed by atoms with Gasteiger partial charge in [-0.25, -0.2) is 19.2 Å². The number of amides is 1. The molecule has 2 atom stereocenters. The van der Waals surface area contributed by atoms with Crippen LogP contribution < -0.4 is 15.4 Å².